The van der Waals surface area contributed by atoms with Crippen LogP contribution >= 0.6 is 23.4 Å². The van der Waals surface area contributed by atoms with Gasteiger partial charge in [-0.2, -0.15) is 0 Å². The number of hydrogen-bond donors (Lipinski definition) is 1. The number of rotatable bonds is 8. The topological polar surface area (TPSA) is 75.6 Å². The third-order valence-electron chi connectivity index (χ3n) is 3.36. The molecule has 0 aliphatic rings. The molecule has 1 aromatic carbocycles. The first-order valence-corrected chi connectivity index (χ1v) is 8.78. The summed E-state index contributed by atoms with van der Waals surface area (Å²) >= 11 is 7.43. The highest BCUT2D eigenvalue weighted by Crippen LogP contribution is 2.27. The molecular formula is C16H18ClN3O3S. The summed E-state index contributed by atoms with van der Waals surface area (Å²) in [6.07, 6.45) is 2.47. The van der Waals surface area contributed by atoms with Crippen LogP contribution in [0.25, 0.3) is 0 Å². The fraction of sp³-hybridized carbons (Fsp3) is 0.312. The second-order valence-electron chi connectivity index (χ2n) is 4.85. The zero-order chi connectivity index (χ0) is 17.5. The lowest BCUT2D eigenvalue weighted by Gasteiger charge is -2.24. The van der Waals surface area contributed by atoms with Crippen LogP contribution in [0, 0.1) is 0 Å². The molecule has 0 bridgehead atoms. The van der Waals surface area contributed by atoms with E-state index in [0.717, 1.165) is 11.3 Å². The molecule has 128 valence electrons. The van der Waals surface area contributed by atoms with Gasteiger partial charge >= 0.3 is 0 Å². The third kappa shape index (κ3) is 4.37. The van der Waals surface area contributed by atoms with Gasteiger partial charge in [0.15, 0.2) is 11.4 Å². The first-order valence-electron chi connectivity index (χ1n) is 7.18. The van der Waals surface area contributed by atoms with Crippen LogP contribution < -0.4 is 9.64 Å². The molecule has 0 aliphatic heterocycles. The Hall–Kier alpha value is -1.83. The number of anilines is 1. The van der Waals surface area contributed by atoms with Crippen molar-refractivity contribution in [3.8, 4) is 5.75 Å². The van der Waals surface area contributed by atoms with Crippen molar-refractivity contribution in [1.82, 2.24) is 9.97 Å². The molecule has 0 atom stereocenters. The van der Waals surface area contributed by atoms with Gasteiger partial charge in [-0.05, 0) is 24.0 Å². The molecule has 2 rings (SSSR count). The predicted molar refractivity (Wildman–Crippen MR) is 95.3 cm³/mol. The lowest BCUT2D eigenvalue weighted by Crippen LogP contribution is -2.28. The highest BCUT2D eigenvalue weighted by atomic mass is 35.5. The Morgan fingerprint density at radius 2 is 2.04 bits per heavy atom. The van der Waals surface area contributed by atoms with E-state index < -0.39 is 0 Å². The number of aliphatic hydroxyl groups is 1. The number of carbonyl (C=O) groups is 1. The Labute approximate surface area is 149 Å². The maximum Gasteiger partial charge on any atom is 0.190 e. The quantitative estimate of drug-likeness (QED) is 0.332. The van der Waals surface area contributed by atoms with E-state index in [4.69, 9.17) is 16.3 Å². The minimum absolute atomic E-state index is 0.0787. The van der Waals surface area contributed by atoms with Crippen LogP contribution in [0.15, 0.2) is 29.4 Å². The average Bonchev–Trinajstić information content (AvgIpc) is 2.61. The van der Waals surface area contributed by atoms with E-state index in [-0.39, 0.29) is 17.3 Å². The molecule has 0 aliphatic carbocycles. The largest absolute Gasteiger partial charge is 0.497 e. The number of ether oxygens (including phenoxy) is 1. The van der Waals surface area contributed by atoms with E-state index in [1.807, 2.05) is 30.5 Å². The number of carbonyl (C=O) groups excluding carboxylic acids is 1. The van der Waals surface area contributed by atoms with Crippen LogP contribution in [0.1, 0.15) is 15.9 Å². The van der Waals surface area contributed by atoms with Crippen molar-refractivity contribution >= 4 is 35.5 Å². The number of thioether (sulfide) groups is 1. The van der Waals surface area contributed by atoms with E-state index in [0.29, 0.717) is 30.3 Å². The van der Waals surface area contributed by atoms with Gasteiger partial charge in [0.05, 0.1) is 19.3 Å². The highest BCUT2D eigenvalue weighted by Gasteiger charge is 2.18. The smallest absolute Gasteiger partial charge is 0.190 e. The number of halogens is 1. The zero-order valence-corrected chi connectivity index (χ0v) is 15.0. The van der Waals surface area contributed by atoms with Crippen molar-refractivity contribution in [3.63, 3.8) is 0 Å². The number of aldehydes is 1. The molecule has 0 unspecified atom stereocenters. The summed E-state index contributed by atoms with van der Waals surface area (Å²) < 4.78 is 5.15. The van der Waals surface area contributed by atoms with Crippen LogP contribution in [0.2, 0.25) is 5.15 Å². The Bertz CT molecular complexity index is 698. The van der Waals surface area contributed by atoms with Crippen LogP contribution in [0.5, 0.6) is 5.75 Å². The zero-order valence-electron chi connectivity index (χ0n) is 13.4. The van der Waals surface area contributed by atoms with E-state index in [2.05, 4.69) is 9.97 Å². The Morgan fingerprint density at radius 1 is 1.33 bits per heavy atom. The molecule has 8 heteroatoms. The molecule has 1 aromatic heterocycles. The standard InChI is InChI=1S/C16H18ClN3O3S/c1-23-12-5-3-11(4-6-12)9-20(7-8-21)15-13(10-22)14(17)18-16(19-15)24-2/h3-6,10,21H,7-9H2,1-2H3. The average molecular weight is 368 g/mol. The second kappa shape index (κ2) is 8.86. The van der Waals surface area contributed by atoms with Crippen molar-refractivity contribution in [3.05, 3.63) is 40.5 Å². The van der Waals surface area contributed by atoms with Crippen molar-refractivity contribution in [1.29, 1.82) is 0 Å². The summed E-state index contributed by atoms with van der Waals surface area (Å²) in [5, 5.41) is 9.96. The first kappa shape index (κ1) is 18.5. The molecule has 1 heterocycles. The van der Waals surface area contributed by atoms with Gasteiger partial charge in [-0.3, -0.25) is 4.79 Å². The van der Waals surface area contributed by atoms with E-state index in [9.17, 15) is 9.90 Å². The normalized spacial score (nSPS) is 10.5. The molecule has 0 fully saturated rings. The van der Waals surface area contributed by atoms with Gasteiger partial charge in [-0.15, -0.1) is 0 Å². The molecular weight excluding hydrogens is 350 g/mol. The summed E-state index contributed by atoms with van der Waals surface area (Å²) in [5.41, 5.74) is 1.21. The lowest BCUT2D eigenvalue weighted by molar-refractivity contribution is 0.112. The van der Waals surface area contributed by atoms with Crippen molar-refractivity contribution < 1.29 is 14.6 Å². The predicted octanol–water partition coefficient (Wildman–Crippen LogP) is 2.67. The van der Waals surface area contributed by atoms with Crippen LogP contribution in [-0.4, -0.2) is 47.9 Å². The highest BCUT2D eigenvalue weighted by molar-refractivity contribution is 7.98. The molecule has 0 spiro atoms. The third-order valence-corrected chi connectivity index (χ3v) is 4.20. The fourth-order valence-corrected chi connectivity index (χ4v) is 2.80. The molecule has 6 nitrogen and oxygen atoms in total. The molecule has 0 radical (unpaired) electrons. The number of methoxy groups -OCH3 is 1. The van der Waals surface area contributed by atoms with E-state index in [1.54, 1.807) is 12.0 Å². The van der Waals surface area contributed by atoms with Crippen molar-refractivity contribution in [2.75, 3.05) is 31.4 Å². The summed E-state index contributed by atoms with van der Waals surface area (Å²) in [6, 6.07) is 7.55. The number of aromatic nitrogens is 2. The molecule has 2 aromatic rings. The summed E-state index contributed by atoms with van der Waals surface area (Å²) in [7, 11) is 1.61. The second-order valence-corrected chi connectivity index (χ2v) is 5.98. The van der Waals surface area contributed by atoms with Gasteiger partial charge in [0.25, 0.3) is 0 Å². The lowest BCUT2D eigenvalue weighted by atomic mass is 10.2. The Morgan fingerprint density at radius 3 is 2.58 bits per heavy atom. The number of aliphatic hydroxyl groups excluding tert-OH is 1. The van der Waals surface area contributed by atoms with Gasteiger partial charge in [0.1, 0.15) is 16.7 Å². The summed E-state index contributed by atoms with van der Waals surface area (Å²) in [4.78, 5) is 21.7. The number of benzene rings is 1. The van der Waals surface area contributed by atoms with Gasteiger partial charge in [-0.1, -0.05) is 35.5 Å². The minimum atomic E-state index is -0.0787. The fourth-order valence-electron chi connectivity index (χ4n) is 2.18. The molecule has 24 heavy (non-hydrogen) atoms. The Balaban J connectivity index is 2.38. The molecule has 0 amide bonds. The number of nitrogens with zero attached hydrogens (tertiary/aromatic N) is 3. The minimum Gasteiger partial charge on any atom is -0.497 e. The molecule has 0 saturated carbocycles. The van der Waals surface area contributed by atoms with Gasteiger partial charge in [0.2, 0.25) is 0 Å². The van der Waals surface area contributed by atoms with E-state index in [1.165, 1.54) is 11.8 Å². The van der Waals surface area contributed by atoms with Gasteiger partial charge in [0, 0.05) is 13.1 Å². The monoisotopic (exact) mass is 367 g/mol. The maximum absolute atomic E-state index is 11.4. The first-order chi connectivity index (χ1) is 11.6. The summed E-state index contributed by atoms with van der Waals surface area (Å²) in [5.74, 6) is 1.18. The molecule has 1 N–H and O–H groups in total. The maximum atomic E-state index is 11.4. The van der Waals surface area contributed by atoms with Gasteiger partial charge < -0.3 is 14.7 Å². The van der Waals surface area contributed by atoms with Gasteiger partial charge in [-0.25, -0.2) is 9.97 Å². The van der Waals surface area contributed by atoms with E-state index >= 15 is 0 Å². The van der Waals surface area contributed by atoms with Crippen molar-refractivity contribution in [2.24, 2.45) is 0 Å². The molecule has 0 saturated heterocycles. The number of hydrogen-bond acceptors (Lipinski definition) is 7. The van der Waals surface area contributed by atoms with Crippen LogP contribution in [-0.2, 0) is 6.54 Å². The SMILES string of the molecule is COc1ccc(CN(CCO)c2nc(SC)nc(Cl)c2C=O)cc1. The van der Waals surface area contributed by atoms with Crippen molar-refractivity contribution in [2.45, 2.75) is 11.7 Å². The summed E-state index contributed by atoms with van der Waals surface area (Å²) in [6.45, 7) is 0.700. The Kier molecular flexibility index (Phi) is 6.84. The van der Waals surface area contributed by atoms with Crippen LogP contribution in [0.4, 0.5) is 5.82 Å². The van der Waals surface area contributed by atoms with Crippen LogP contribution in [0.3, 0.4) is 0 Å².